The van der Waals surface area contributed by atoms with Gasteiger partial charge in [0.05, 0.1) is 6.61 Å². The zero-order chi connectivity index (χ0) is 13.4. The largest absolute Gasteiger partial charge is 0.396 e. The van der Waals surface area contributed by atoms with Crippen molar-refractivity contribution in [2.45, 2.75) is 32.8 Å². The number of rotatable bonds is 7. The summed E-state index contributed by atoms with van der Waals surface area (Å²) >= 11 is 0. The van der Waals surface area contributed by atoms with Crippen LogP contribution in [-0.2, 0) is 9.53 Å². The zero-order valence-electron chi connectivity index (χ0n) is 11.4. The monoisotopic (exact) mass is 258 g/mol. The topological polar surface area (TPSA) is 70.6 Å². The Balaban J connectivity index is 2.28. The van der Waals surface area contributed by atoms with E-state index in [1.54, 1.807) is 0 Å². The Hall–Kier alpha value is -0.650. The Labute approximate surface area is 109 Å². The summed E-state index contributed by atoms with van der Waals surface area (Å²) in [5.41, 5.74) is 0. The van der Waals surface area contributed by atoms with Gasteiger partial charge in [-0.1, -0.05) is 13.8 Å². The number of ether oxygens (including phenoxy) is 1. The lowest BCUT2D eigenvalue weighted by atomic mass is 9.94. The van der Waals surface area contributed by atoms with E-state index in [0.29, 0.717) is 31.5 Å². The molecule has 1 heterocycles. The summed E-state index contributed by atoms with van der Waals surface area (Å²) in [6.07, 6.45) is 1.39. The fourth-order valence-electron chi connectivity index (χ4n) is 2.25. The molecular formula is C13H26N2O3. The fourth-order valence-corrected chi connectivity index (χ4v) is 2.25. The first-order valence-electron chi connectivity index (χ1n) is 6.84. The van der Waals surface area contributed by atoms with Crippen molar-refractivity contribution >= 4 is 5.91 Å². The van der Waals surface area contributed by atoms with Gasteiger partial charge in [0.25, 0.3) is 0 Å². The van der Waals surface area contributed by atoms with E-state index >= 15 is 0 Å². The van der Waals surface area contributed by atoms with Crippen molar-refractivity contribution < 1.29 is 14.6 Å². The second kappa shape index (κ2) is 8.45. The van der Waals surface area contributed by atoms with Crippen molar-refractivity contribution in [1.82, 2.24) is 10.6 Å². The minimum Gasteiger partial charge on any atom is -0.396 e. The van der Waals surface area contributed by atoms with Crippen molar-refractivity contribution in [3.8, 4) is 0 Å². The second-order valence-electron chi connectivity index (χ2n) is 5.32. The Kier molecular flexibility index (Phi) is 7.23. The molecule has 1 aliphatic rings. The van der Waals surface area contributed by atoms with Gasteiger partial charge in [-0.2, -0.15) is 0 Å². The lowest BCUT2D eigenvalue weighted by Crippen LogP contribution is -2.48. The lowest BCUT2D eigenvalue weighted by molar-refractivity contribution is -0.134. The first kappa shape index (κ1) is 15.4. The van der Waals surface area contributed by atoms with E-state index < -0.39 is 0 Å². The molecule has 0 aromatic carbocycles. The SMILES string of the molecule is CC(C)CC(CCO)CNC(=O)C1CNCCO1. The zero-order valence-corrected chi connectivity index (χ0v) is 11.4. The van der Waals surface area contributed by atoms with E-state index in [2.05, 4.69) is 24.5 Å². The molecule has 0 bridgehead atoms. The average molecular weight is 258 g/mol. The van der Waals surface area contributed by atoms with E-state index in [1.807, 2.05) is 0 Å². The van der Waals surface area contributed by atoms with Crippen molar-refractivity contribution in [3.05, 3.63) is 0 Å². The number of amides is 1. The van der Waals surface area contributed by atoms with Gasteiger partial charge in [-0.3, -0.25) is 4.79 Å². The minimum absolute atomic E-state index is 0.0473. The first-order chi connectivity index (χ1) is 8.63. The van der Waals surface area contributed by atoms with E-state index in [1.165, 1.54) is 0 Å². The third-order valence-electron chi connectivity index (χ3n) is 3.13. The highest BCUT2D eigenvalue weighted by Crippen LogP contribution is 2.14. The highest BCUT2D eigenvalue weighted by Gasteiger charge is 2.22. The number of hydrogen-bond acceptors (Lipinski definition) is 4. The van der Waals surface area contributed by atoms with Gasteiger partial charge in [-0.05, 0) is 24.7 Å². The number of carbonyl (C=O) groups is 1. The summed E-state index contributed by atoms with van der Waals surface area (Å²) < 4.78 is 5.39. The van der Waals surface area contributed by atoms with Gasteiger partial charge < -0.3 is 20.5 Å². The van der Waals surface area contributed by atoms with Crippen LogP contribution >= 0.6 is 0 Å². The highest BCUT2D eigenvalue weighted by atomic mass is 16.5. The van der Waals surface area contributed by atoms with E-state index in [9.17, 15) is 4.79 Å². The van der Waals surface area contributed by atoms with Crippen molar-refractivity contribution in [2.24, 2.45) is 11.8 Å². The molecular weight excluding hydrogens is 232 g/mol. The normalized spacial score (nSPS) is 21.9. The molecule has 18 heavy (non-hydrogen) atoms. The maximum Gasteiger partial charge on any atom is 0.250 e. The van der Waals surface area contributed by atoms with Gasteiger partial charge in [-0.15, -0.1) is 0 Å². The van der Waals surface area contributed by atoms with Crippen LogP contribution in [0.2, 0.25) is 0 Å². The molecule has 0 spiro atoms. The van der Waals surface area contributed by atoms with Gasteiger partial charge in [-0.25, -0.2) is 0 Å². The van der Waals surface area contributed by atoms with Gasteiger partial charge in [0.15, 0.2) is 0 Å². The summed E-state index contributed by atoms with van der Waals surface area (Å²) in [6.45, 7) is 7.09. The van der Waals surface area contributed by atoms with Crippen LogP contribution in [0.4, 0.5) is 0 Å². The maximum atomic E-state index is 11.9. The quantitative estimate of drug-likeness (QED) is 0.607. The van der Waals surface area contributed by atoms with Crippen LogP contribution in [0.25, 0.3) is 0 Å². The molecule has 5 nitrogen and oxygen atoms in total. The average Bonchev–Trinajstić information content (AvgIpc) is 2.36. The summed E-state index contributed by atoms with van der Waals surface area (Å²) in [5, 5.41) is 15.1. The van der Waals surface area contributed by atoms with Crippen LogP contribution in [0, 0.1) is 11.8 Å². The molecule has 106 valence electrons. The molecule has 0 saturated carbocycles. The molecule has 1 amide bonds. The van der Waals surface area contributed by atoms with Gasteiger partial charge in [0.2, 0.25) is 5.91 Å². The minimum atomic E-state index is -0.368. The van der Waals surface area contributed by atoms with Crippen LogP contribution in [0.1, 0.15) is 26.7 Å². The van der Waals surface area contributed by atoms with Crippen LogP contribution in [0.3, 0.4) is 0 Å². The van der Waals surface area contributed by atoms with Crippen molar-refractivity contribution in [1.29, 1.82) is 0 Å². The van der Waals surface area contributed by atoms with E-state index in [-0.39, 0.29) is 18.6 Å². The number of nitrogens with one attached hydrogen (secondary N) is 2. The molecule has 1 saturated heterocycles. The number of aliphatic hydroxyl groups excluding tert-OH is 1. The first-order valence-corrected chi connectivity index (χ1v) is 6.84. The number of aliphatic hydroxyl groups is 1. The molecule has 3 N–H and O–H groups in total. The number of hydrogen-bond donors (Lipinski definition) is 3. The molecule has 0 aliphatic carbocycles. The predicted octanol–water partition coefficient (Wildman–Crippen LogP) is 0.136. The molecule has 1 rings (SSSR count). The number of morpholine rings is 1. The summed E-state index contributed by atoms with van der Waals surface area (Å²) in [7, 11) is 0. The fraction of sp³-hybridized carbons (Fsp3) is 0.923. The molecule has 2 unspecified atom stereocenters. The molecule has 0 radical (unpaired) electrons. The Bertz CT molecular complexity index is 240. The van der Waals surface area contributed by atoms with Crippen LogP contribution in [0.5, 0.6) is 0 Å². The van der Waals surface area contributed by atoms with Crippen LogP contribution in [-0.4, -0.2) is 50.0 Å². The molecule has 2 atom stereocenters. The maximum absolute atomic E-state index is 11.9. The van der Waals surface area contributed by atoms with Crippen molar-refractivity contribution in [3.63, 3.8) is 0 Å². The van der Waals surface area contributed by atoms with E-state index in [0.717, 1.165) is 19.4 Å². The van der Waals surface area contributed by atoms with Crippen LogP contribution in [0.15, 0.2) is 0 Å². The van der Waals surface area contributed by atoms with E-state index in [4.69, 9.17) is 9.84 Å². The molecule has 5 heteroatoms. The summed E-state index contributed by atoms with van der Waals surface area (Å²) in [4.78, 5) is 11.9. The highest BCUT2D eigenvalue weighted by molar-refractivity contribution is 5.81. The predicted molar refractivity (Wildman–Crippen MR) is 70.3 cm³/mol. The van der Waals surface area contributed by atoms with Gasteiger partial charge >= 0.3 is 0 Å². The van der Waals surface area contributed by atoms with Gasteiger partial charge in [0.1, 0.15) is 6.10 Å². The van der Waals surface area contributed by atoms with Gasteiger partial charge in [0, 0.05) is 26.2 Å². The summed E-state index contributed by atoms with van der Waals surface area (Å²) in [6, 6.07) is 0. The molecule has 0 aromatic rings. The second-order valence-corrected chi connectivity index (χ2v) is 5.32. The number of carbonyl (C=O) groups excluding carboxylic acids is 1. The Morgan fingerprint density at radius 2 is 2.33 bits per heavy atom. The Morgan fingerprint density at radius 3 is 2.89 bits per heavy atom. The summed E-state index contributed by atoms with van der Waals surface area (Å²) in [5.74, 6) is 0.871. The molecule has 1 fully saturated rings. The third kappa shape index (κ3) is 5.80. The Morgan fingerprint density at radius 1 is 1.56 bits per heavy atom. The molecule has 0 aromatic heterocycles. The third-order valence-corrected chi connectivity index (χ3v) is 3.13. The smallest absolute Gasteiger partial charge is 0.250 e. The molecule has 1 aliphatic heterocycles. The lowest BCUT2D eigenvalue weighted by Gasteiger charge is -2.24. The van der Waals surface area contributed by atoms with Crippen molar-refractivity contribution in [2.75, 3.05) is 32.8 Å². The standard InChI is InChI=1S/C13H26N2O3/c1-10(2)7-11(3-5-16)8-15-13(17)12-9-14-4-6-18-12/h10-12,14,16H,3-9H2,1-2H3,(H,15,17). The van der Waals surface area contributed by atoms with Crippen LogP contribution < -0.4 is 10.6 Å².